The number of carbonyl (C=O) groups excluding carboxylic acids is 2. The molecule has 2 heterocycles. The van der Waals surface area contributed by atoms with Crippen molar-refractivity contribution in [2.75, 3.05) is 33.3 Å². The number of hydrogen-bond acceptors (Lipinski definition) is 7. The first kappa shape index (κ1) is 22.9. The van der Waals surface area contributed by atoms with E-state index < -0.39 is 28.9 Å². The molecule has 0 saturated carbocycles. The summed E-state index contributed by atoms with van der Waals surface area (Å²) in [7, 11) is 1.28. The van der Waals surface area contributed by atoms with Crippen LogP contribution in [0.25, 0.3) is 0 Å². The minimum atomic E-state index is -1.07. The van der Waals surface area contributed by atoms with Crippen LogP contribution in [0.15, 0.2) is 10.6 Å². The van der Waals surface area contributed by atoms with Crippen molar-refractivity contribution in [2.24, 2.45) is 5.41 Å². The van der Waals surface area contributed by atoms with Gasteiger partial charge in [0.15, 0.2) is 5.76 Å². The van der Waals surface area contributed by atoms with Crippen LogP contribution in [0.1, 0.15) is 51.5 Å². The largest absolute Gasteiger partial charge is 0.468 e. The van der Waals surface area contributed by atoms with E-state index in [1.54, 1.807) is 26.8 Å². The van der Waals surface area contributed by atoms with Crippen molar-refractivity contribution in [3.63, 3.8) is 0 Å². The van der Waals surface area contributed by atoms with Gasteiger partial charge in [-0.05, 0) is 20.8 Å². The quantitative estimate of drug-likeness (QED) is 0.683. The molecule has 1 N–H and O–H groups in total. The van der Waals surface area contributed by atoms with Gasteiger partial charge in [-0.2, -0.15) is 0 Å². The molecule has 162 valence electrons. The predicted octanol–water partition coefficient (Wildman–Crippen LogP) is 2.30. The van der Waals surface area contributed by atoms with Crippen LogP contribution in [0, 0.1) is 12.3 Å². The number of ether oxygens (including phenoxy) is 1. The highest BCUT2D eigenvalue weighted by molar-refractivity contribution is 5.92. The minimum Gasteiger partial charge on any atom is -0.468 e. The van der Waals surface area contributed by atoms with Crippen LogP contribution in [-0.2, 0) is 14.3 Å². The molecule has 2 rings (SSSR count). The Labute approximate surface area is 171 Å². The topological polar surface area (TPSA) is 113 Å². The molecule has 1 atom stereocenters. The Bertz CT molecular complexity index is 762. The molecule has 1 saturated heterocycles. The zero-order chi connectivity index (χ0) is 22.0. The predicted molar refractivity (Wildman–Crippen MR) is 105 cm³/mol. The summed E-state index contributed by atoms with van der Waals surface area (Å²) < 4.78 is 10.2. The highest BCUT2D eigenvalue weighted by Gasteiger charge is 2.47. The average Bonchev–Trinajstić information content (AvgIpc) is 3.06. The van der Waals surface area contributed by atoms with E-state index >= 15 is 0 Å². The maximum Gasteiger partial charge on any atom is 0.407 e. The van der Waals surface area contributed by atoms with Gasteiger partial charge in [-0.15, -0.1) is 0 Å². The molecule has 0 aromatic carbocycles. The molecule has 0 spiro atoms. The summed E-state index contributed by atoms with van der Waals surface area (Å²) in [4.78, 5) is 40.5. The maximum atomic E-state index is 13.3. The lowest BCUT2D eigenvalue weighted by atomic mass is 9.71. The zero-order valence-electron chi connectivity index (χ0n) is 18.0. The van der Waals surface area contributed by atoms with Crippen LogP contribution in [0.5, 0.6) is 0 Å². The Morgan fingerprint density at radius 1 is 1.21 bits per heavy atom. The van der Waals surface area contributed by atoms with Gasteiger partial charge in [0.1, 0.15) is 11.7 Å². The fourth-order valence-electron chi connectivity index (χ4n) is 3.80. The SMILES string of the molecule is COC(=O)C(c1cc(C)no1)C(C)(C)C(=O)CC(C)(C)N1CCN(C(=O)O)CC1. The number of esters is 1. The molecule has 9 nitrogen and oxygen atoms in total. The van der Waals surface area contributed by atoms with Crippen molar-refractivity contribution in [3.05, 3.63) is 17.5 Å². The second-order valence-electron chi connectivity index (χ2n) is 8.72. The van der Waals surface area contributed by atoms with Crippen LogP contribution in [-0.4, -0.2) is 76.7 Å². The summed E-state index contributed by atoms with van der Waals surface area (Å²) in [6, 6.07) is 1.65. The molecule has 1 amide bonds. The van der Waals surface area contributed by atoms with Gasteiger partial charge in [0.05, 0.1) is 12.8 Å². The Hall–Kier alpha value is -2.42. The molecular formula is C20H31N3O6. The third-order valence-electron chi connectivity index (χ3n) is 5.81. The van der Waals surface area contributed by atoms with E-state index in [-0.39, 0.29) is 12.2 Å². The summed E-state index contributed by atoms with van der Waals surface area (Å²) >= 11 is 0. The summed E-state index contributed by atoms with van der Waals surface area (Å²) in [6.45, 7) is 11.0. The van der Waals surface area contributed by atoms with Crippen molar-refractivity contribution in [2.45, 2.75) is 52.5 Å². The molecular weight excluding hydrogens is 378 g/mol. The fraction of sp³-hybridized carbons (Fsp3) is 0.700. The number of rotatable bonds is 7. The molecule has 29 heavy (non-hydrogen) atoms. The van der Waals surface area contributed by atoms with Crippen molar-refractivity contribution in [1.29, 1.82) is 0 Å². The van der Waals surface area contributed by atoms with E-state index in [1.807, 2.05) is 13.8 Å². The standard InChI is InChI=1S/C20H31N3O6/c1-13-11-14(29-21-13)16(17(25)28-6)20(4,5)15(24)12-19(2,3)23-9-7-22(8-10-23)18(26)27/h11,16H,7-10,12H2,1-6H3,(H,26,27). The van der Waals surface area contributed by atoms with E-state index in [0.717, 1.165) is 0 Å². The third kappa shape index (κ3) is 4.95. The van der Waals surface area contributed by atoms with Crippen molar-refractivity contribution < 1.29 is 28.8 Å². The van der Waals surface area contributed by atoms with Crippen LogP contribution in [0.2, 0.25) is 0 Å². The summed E-state index contributed by atoms with van der Waals surface area (Å²) in [5.41, 5.74) is -0.940. The number of ketones is 1. The molecule has 0 radical (unpaired) electrons. The Kier molecular flexibility index (Phi) is 6.72. The lowest BCUT2D eigenvalue weighted by molar-refractivity contribution is -0.150. The monoisotopic (exact) mass is 409 g/mol. The van der Waals surface area contributed by atoms with Crippen LogP contribution in [0.4, 0.5) is 4.79 Å². The first-order valence-electron chi connectivity index (χ1n) is 9.67. The van der Waals surface area contributed by atoms with E-state index in [4.69, 9.17) is 14.4 Å². The Morgan fingerprint density at radius 2 is 1.79 bits per heavy atom. The van der Waals surface area contributed by atoms with E-state index in [0.29, 0.717) is 37.6 Å². The fourth-order valence-corrected chi connectivity index (χ4v) is 3.80. The smallest absolute Gasteiger partial charge is 0.407 e. The van der Waals surface area contributed by atoms with Crippen LogP contribution >= 0.6 is 0 Å². The van der Waals surface area contributed by atoms with Crippen molar-refractivity contribution in [1.82, 2.24) is 15.0 Å². The number of carboxylic acid groups (broad SMARTS) is 1. The number of carbonyl (C=O) groups is 3. The highest BCUT2D eigenvalue weighted by atomic mass is 16.5. The normalized spacial score (nSPS) is 17.1. The molecule has 1 aliphatic heterocycles. The Morgan fingerprint density at radius 3 is 2.24 bits per heavy atom. The van der Waals surface area contributed by atoms with Gasteiger partial charge in [-0.25, -0.2) is 4.79 Å². The molecule has 9 heteroatoms. The maximum absolute atomic E-state index is 13.3. The number of piperazine rings is 1. The first-order valence-corrected chi connectivity index (χ1v) is 9.67. The van der Waals surface area contributed by atoms with Crippen LogP contribution < -0.4 is 0 Å². The molecule has 1 aromatic heterocycles. The minimum absolute atomic E-state index is 0.104. The summed E-state index contributed by atoms with van der Waals surface area (Å²) in [5.74, 6) is -1.25. The number of methoxy groups -OCH3 is 1. The van der Waals surface area contributed by atoms with Gasteiger partial charge in [-0.3, -0.25) is 14.5 Å². The zero-order valence-corrected chi connectivity index (χ0v) is 18.0. The number of amides is 1. The number of hydrogen-bond donors (Lipinski definition) is 1. The lowest BCUT2D eigenvalue weighted by Gasteiger charge is -2.44. The van der Waals surface area contributed by atoms with Gasteiger partial charge >= 0.3 is 12.1 Å². The van der Waals surface area contributed by atoms with Gasteiger partial charge in [-0.1, -0.05) is 19.0 Å². The van der Waals surface area contributed by atoms with Gasteiger partial charge in [0, 0.05) is 49.6 Å². The average molecular weight is 409 g/mol. The highest BCUT2D eigenvalue weighted by Crippen LogP contribution is 2.40. The number of aromatic nitrogens is 1. The Balaban J connectivity index is 2.17. The van der Waals surface area contributed by atoms with Gasteiger partial charge in [0.2, 0.25) is 0 Å². The number of aryl methyl sites for hydroxylation is 1. The van der Waals surface area contributed by atoms with E-state index in [1.165, 1.54) is 12.0 Å². The first-order chi connectivity index (χ1) is 13.4. The van der Waals surface area contributed by atoms with E-state index in [9.17, 15) is 14.4 Å². The second kappa shape index (κ2) is 8.52. The molecule has 0 bridgehead atoms. The number of nitrogens with zero attached hydrogens (tertiary/aromatic N) is 3. The summed E-state index contributed by atoms with van der Waals surface area (Å²) in [6.07, 6.45) is -0.726. The van der Waals surface area contributed by atoms with Crippen molar-refractivity contribution >= 4 is 17.8 Å². The molecule has 1 unspecified atom stereocenters. The van der Waals surface area contributed by atoms with Gasteiger partial charge < -0.3 is 19.3 Å². The molecule has 1 fully saturated rings. The lowest BCUT2D eigenvalue weighted by Crippen LogP contribution is -2.56. The number of Topliss-reactive ketones (excluding diaryl/α,β-unsaturated/α-hetero) is 1. The molecule has 0 aliphatic carbocycles. The molecule has 1 aliphatic rings. The third-order valence-corrected chi connectivity index (χ3v) is 5.81. The van der Waals surface area contributed by atoms with Crippen molar-refractivity contribution in [3.8, 4) is 0 Å². The van der Waals surface area contributed by atoms with Crippen LogP contribution in [0.3, 0.4) is 0 Å². The molecule has 1 aromatic rings. The second-order valence-corrected chi connectivity index (χ2v) is 8.72. The van der Waals surface area contributed by atoms with Gasteiger partial charge in [0.25, 0.3) is 0 Å². The summed E-state index contributed by atoms with van der Waals surface area (Å²) in [5, 5.41) is 13.0. The van der Waals surface area contributed by atoms with E-state index in [2.05, 4.69) is 10.1 Å².